The minimum Gasteiger partial charge on any atom is -0.497 e. The highest BCUT2D eigenvalue weighted by Gasteiger charge is 2.14. The second-order valence-electron chi connectivity index (χ2n) is 12.9. The van der Waals surface area contributed by atoms with Crippen LogP contribution in [0.5, 0.6) is 17.2 Å². The van der Waals surface area contributed by atoms with E-state index in [1.54, 1.807) is 19.6 Å². The maximum atomic E-state index is 5.98. The summed E-state index contributed by atoms with van der Waals surface area (Å²) in [7, 11) is 1.69. The van der Waals surface area contributed by atoms with Gasteiger partial charge in [0.05, 0.1) is 19.6 Å². The molecule has 0 N–H and O–H groups in total. The zero-order valence-electron chi connectivity index (χ0n) is 30.4. The number of hydrogen-bond donors (Lipinski definition) is 0. The van der Waals surface area contributed by atoms with Crippen molar-refractivity contribution in [3.8, 4) is 28.4 Å². The number of furan rings is 2. The van der Waals surface area contributed by atoms with Crippen molar-refractivity contribution >= 4 is 28.7 Å². The summed E-state index contributed by atoms with van der Waals surface area (Å²) in [5.41, 5.74) is 9.70. The van der Waals surface area contributed by atoms with Crippen molar-refractivity contribution in [2.45, 2.75) is 13.2 Å². The summed E-state index contributed by atoms with van der Waals surface area (Å²) in [4.78, 5) is 2.26. The van der Waals surface area contributed by atoms with Gasteiger partial charge in [0.2, 0.25) is 0 Å². The number of methoxy groups -OCH3 is 1. The van der Waals surface area contributed by atoms with Crippen molar-refractivity contribution in [1.29, 1.82) is 0 Å². The highest BCUT2D eigenvalue weighted by molar-refractivity contribution is 5.92. The van der Waals surface area contributed by atoms with E-state index in [9.17, 15) is 0 Å². The SMILES string of the molecule is COc1ccc(N(c2ccc(C=C(c3ccc(OCc4ccco4)cc3)c3ccc(OCc4ccco4)cc3)cc2)c2ccc(-c3ccccc3)cc2)cc1. The topological polar surface area (TPSA) is 57.2 Å². The summed E-state index contributed by atoms with van der Waals surface area (Å²) in [5, 5.41) is 0. The Morgan fingerprint density at radius 3 is 1.40 bits per heavy atom. The molecule has 0 atom stereocenters. The van der Waals surface area contributed by atoms with Crippen molar-refractivity contribution < 1.29 is 23.0 Å². The Kier molecular flexibility index (Phi) is 10.6. The summed E-state index contributed by atoms with van der Waals surface area (Å²) < 4.78 is 28.3. The Labute approximate surface area is 321 Å². The summed E-state index contributed by atoms with van der Waals surface area (Å²) >= 11 is 0. The molecule has 6 nitrogen and oxygen atoms in total. The van der Waals surface area contributed by atoms with Crippen LogP contribution in [0.15, 0.2) is 197 Å². The predicted octanol–water partition coefficient (Wildman–Crippen LogP) is 12.8. The Balaban J connectivity index is 1.10. The fourth-order valence-electron chi connectivity index (χ4n) is 6.39. The zero-order valence-corrected chi connectivity index (χ0v) is 30.4. The molecule has 6 aromatic carbocycles. The van der Waals surface area contributed by atoms with E-state index in [1.165, 1.54) is 11.1 Å². The second-order valence-corrected chi connectivity index (χ2v) is 12.9. The van der Waals surface area contributed by atoms with Crippen molar-refractivity contribution in [2.75, 3.05) is 12.0 Å². The van der Waals surface area contributed by atoms with E-state index in [4.69, 9.17) is 23.0 Å². The van der Waals surface area contributed by atoms with Gasteiger partial charge < -0.3 is 27.9 Å². The molecule has 0 spiro atoms. The monoisotopic (exact) mass is 721 g/mol. The third kappa shape index (κ3) is 8.56. The van der Waals surface area contributed by atoms with Gasteiger partial charge in [-0.2, -0.15) is 0 Å². The molecule has 55 heavy (non-hydrogen) atoms. The van der Waals surface area contributed by atoms with Crippen LogP contribution in [0.3, 0.4) is 0 Å². The maximum absolute atomic E-state index is 5.98. The molecule has 0 saturated heterocycles. The number of benzene rings is 6. The van der Waals surface area contributed by atoms with Crippen LogP contribution in [-0.4, -0.2) is 7.11 Å². The van der Waals surface area contributed by atoms with Crippen LogP contribution in [0.4, 0.5) is 17.1 Å². The number of hydrogen-bond acceptors (Lipinski definition) is 6. The first-order valence-electron chi connectivity index (χ1n) is 18.1. The predicted molar refractivity (Wildman–Crippen MR) is 219 cm³/mol. The molecule has 0 radical (unpaired) electrons. The van der Waals surface area contributed by atoms with Gasteiger partial charge in [-0.25, -0.2) is 0 Å². The molecule has 6 heteroatoms. The Hall–Kier alpha value is -7.18. The van der Waals surface area contributed by atoms with E-state index in [2.05, 4.69) is 120 Å². The smallest absolute Gasteiger partial charge is 0.146 e. The molecule has 270 valence electrons. The minimum absolute atomic E-state index is 0.367. The third-order valence-corrected chi connectivity index (χ3v) is 9.28. The lowest BCUT2D eigenvalue weighted by Crippen LogP contribution is -2.09. The van der Waals surface area contributed by atoms with Crippen LogP contribution in [0.2, 0.25) is 0 Å². The Bertz CT molecular complexity index is 2320. The van der Waals surface area contributed by atoms with E-state index in [0.29, 0.717) is 13.2 Å². The quantitative estimate of drug-likeness (QED) is 0.104. The molecule has 0 bridgehead atoms. The van der Waals surface area contributed by atoms with Gasteiger partial charge >= 0.3 is 0 Å². The highest BCUT2D eigenvalue weighted by atomic mass is 16.5. The first-order valence-corrected chi connectivity index (χ1v) is 18.1. The average Bonchev–Trinajstić information content (AvgIpc) is 3.99. The zero-order chi connectivity index (χ0) is 37.2. The molecular formula is C49H39NO5. The van der Waals surface area contributed by atoms with E-state index in [0.717, 1.165) is 68.1 Å². The van der Waals surface area contributed by atoms with Crippen molar-refractivity contribution in [3.05, 3.63) is 217 Å². The van der Waals surface area contributed by atoms with Crippen LogP contribution < -0.4 is 19.1 Å². The largest absolute Gasteiger partial charge is 0.497 e. The molecule has 0 aliphatic carbocycles. The average molecular weight is 722 g/mol. The fraction of sp³-hybridized carbons (Fsp3) is 0.0612. The van der Waals surface area contributed by atoms with Crippen LogP contribution in [0.1, 0.15) is 28.2 Å². The molecule has 0 aliphatic rings. The lowest BCUT2D eigenvalue weighted by molar-refractivity contribution is 0.270. The number of nitrogens with zero attached hydrogens (tertiary/aromatic N) is 1. The van der Waals surface area contributed by atoms with Gasteiger partial charge in [-0.3, -0.25) is 0 Å². The van der Waals surface area contributed by atoms with E-state index in [1.807, 2.05) is 66.7 Å². The van der Waals surface area contributed by atoms with Crippen molar-refractivity contribution in [3.63, 3.8) is 0 Å². The molecule has 2 heterocycles. The number of ether oxygens (including phenoxy) is 3. The lowest BCUT2D eigenvalue weighted by atomic mass is 9.95. The van der Waals surface area contributed by atoms with Crippen molar-refractivity contribution in [2.24, 2.45) is 0 Å². The van der Waals surface area contributed by atoms with Crippen LogP contribution in [-0.2, 0) is 13.2 Å². The van der Waals surface area contributed by atoms with Gasteiger partial charge in [0.15, 0.2) is 0 Å². The van der Waals surface area contributed by atoms with Crippen LogP contribution in [0.25, 0.3) is 22.8 Å². The van der Waals surface area contributed by atoms with Crippen molar-refractivity contribution in [1.82, 2.24) is 0 Å². The van der Waals surface area contributed by atoms with Crippen LogP contribution >= 0.6 is 0 Å². The standard InChI is InChI=1S/C49H39NO5/c1-51-44-29-23-43(24-30-44)50(42-21-13-38(14-22-42)37-7-3-2-4-8-37)41-19-11-36(12-20-41)33-49(39-15-25-45(26-16-39)54-34-47-9-5-31-52-47)40-17-27-46(28-18-40)55-35-48-10-6-32-53-48/h2-33H,34-35H2,1H3. The minimum atomic E-state index is 0.367. The Morgan fingerprint density at radius 2 is 0.927 bits per heavy atom. The van der Waals surface area contributed by atoms with Gasteiger partial charge in [-0.15, -0.1) is 0 Å². The summed E-state index contributed by atoms with van der Waals surface area (Å²) in [6, 6.07) is 59.7. The summed E-state index contributed by atoms with van der Waals surface area (Å²) in [6.45, 7) is 0.733. The highest BCUT2D eigenvalue weighted by Crippen LogP contribution is 2.37. The molecule has 8 aromatic rings. The van der Waals surface area contributed by atoms with Gasteiger partial charge in [0.1, 0.15) is 42.0 Å². The van der Waals surface area contributed by atoms with Gasteiger partial charge in [-0.1, -0.05) is 78.9 Å². The molecule has 0 amide bonds. The molecule has 0 fully saturated rings. The summed E-state index contributed by atoms with van der Waals surface area (Å²) in [6.07, 6.45) is 5.52. The third-order valence-electron chi connectivity index (χ3n) is 9.28. The van der Waals surface area contributed by atoms with Crippen LogP contribution in [0, 0.1) is 0 Å². The van der Waals surface area contributed by atoms with E-state index >= 15 is 0 Å². The van der Waals surface area contributed by atoms with Gasteiger partial charge in [0, 0.05) is 17.1 Å². The maximum Gasteiger partial charge on any atom is 0.146 e. The molecule has 0 saturated carbocycles. The molecule has 2 aromatic heterocycles. The Morgan fingerprint density at radius 1 is 0.473 bits per heavy atom. The summed E-state index contributed by atoms with van der Waals surface area (Å²) in [5.74, 6) is 3.89. The molecular weight excluding hydrogens is 683 g/mol. The van der Waals surface area contributed by atoms with E-state index < -0.39 is 0 Å². The first kappa shape index (κ1) is 34.9. The second kappa shape index (κ2) is 16.7. The normalized spacial score (nSPS) is 10.8. The van der Waals surface area contributed by atoms with E-state index in [-0.39, 0.29) is 0 Å². The lowest BCUT2D eigenvalue weighted by Gasteiger charge is -2.26. The molecule has 0 unspecified atom stereocenters. The number of rotatable bonds is 14. The molecule has 8 rings (SSSR count). The first-order chi connectivity index (χ1) is 27.2. The molecule has 0 aliphatic heterocycles. The fourth-order valence-corrected chi connectivity index (χ4v) is 6.39. The van der Waals surface area contributed by atoms with Gasteiger partial charge in [0.25, 0.3) is 0 Å². The number of anilines is 3. The van der Waals surface area contributed by atoms with Gasteiger partial charge in [-0.05, 0) is 137 Å².